The Morgan fingerprint density at radius 1 is 1.04 bits per heavy atom. The van der Waals surface area contributed by atoms with Gasteiger partial charge in [-0.3, -0.25) is 10.2 Å². The Morgan fingerprint density at radius 2 is 1.64 bits per heavy atom. The van der Waals surface area contributed by atoms with Crippen LogP contribution in [0.15, 0.2) is 46.9 Å². The van der Waals surface area contributed by atoms with Crippen molar-refractivity contribution in [2.75, 3.05) is 5.73 Å². The molecule has 0 aliphatic heterocycles. The molecule has 0 aliphatic rings. The zero-order valence-electron chi connectivity index (χ0n) is 14.1. The third kappa shape index (κ3) is 3.69. The lowest BCUT2D eigenvalue weighted by Crippen LogP contribution is -2.36. The molecular weight excluding hydrogens is 439 g/mol. The molecule has 0 aliphatic carbocycles. The summed E-state index contributed by atoms with van der Waals surface area (Å²) in [6.45, 7) is 0. The van der Waals surface area contributed by atoms with Crippen LogP contribution in [0.25, 0.3) is 11.3 Å². The van der Waals surface area contributed by atoms with E-state index < -0.39 is 34.8 Å². The normalized spacial score (nSPS) is 11.9. The smallest absolute Gasteiger partial charge is 0.247 e. The van der Waals surface area contributed by atoms with Crippen molar-refractivity contribution in [2.45, 2.75) is 5.92 Å². The number of nitrogens with two attached hydrogens (primary N) is 2. The number of rotatable bonds is 4. The van der Waals surface area contributed by atoms with Crippen molar-refractivity contribution in [3.8, 4) is 11.3 Å². The van der Waals surface area contributed by atoms with Crippen LogP contribution in [0.1, 0.15) is 17.2 Å². The van der Waals surface area contributed by atoms with Gasteiger partial charge in [-0.25, -0.2) is 29.0 Å². The van der Waals surface area contributed by atoms with Crippen LogP contribution in [0.4, 0.5) is 19.1 Å². The Labute approximate surface area is 165 Å². The maximum Gasteiger partial charge on any atom is 0.247 e. The monoisotopic (exact) mass is 451 g/mol. The van der Waals surface area contributed by atoms with Crippen molar-refractivity contribution in [3.63, 3.8) is 0 Å². The largest absolute Gasteiger partial charge is 0.368 e. The third-order valence-corrected chi connectivity index (χ3v) is 4.76. The average Bonchev–Trinajstić information content (AvgIpc) is 2.67. The second-order valence-corrected chi connectivity index (χ2v) is 6.51. The molecule has 28 heavy (non-hydrogen) atoms. The molecule has 3 rings (SSSR count). The molecule has 0 saturated carbocycles. The molecule has 0 bridgehead atoms. The summed E-state index contributed by atoms with van der Waals surface area (Å²) in [6, 6.07) is 8.48. The highest BCUT2D eigenvalue weighted by atomic mass is 79.9. The van der Waals surface area contributed by atoms with E-state index in [9.17, 15) is 18.0 Å². The predicted molar refractivity (Wildman–Crippen MR) is 100 cm³/mol. The van der Waals surface area contributed by atoms with Crippen LogP contribution in [0.3, 0.4) is 0 Å². The molecule has 0 spiro atoms. The number of carbonyl (C=O) groups excluding carboxylic acids is 1. The number of hydrogen-bond donors (Lipinski definition) is 3. The molecule has 1 unspecified atom stereocenters. The number of nitrogens with zero attached hydrogens (tertiary/aromatic N) is 2. The van der Waals surface area contributed by atoms with Crippen molar-refractivity contribution < 1.29 is 18.0 Å². The molecule has 144 valence electrons. The maximum atomic E-state index is 14.4. The first-order chi connectivity index (χ1) is 13.3. The van der Waals surface area contributed by atoms with Gasteiger partial charge < -0.3 is 5.73 Å². The molecule has 1 atom stereocenters. The van der Waals surface area contributed by atoms with Crippen molar-refractivity contribution in [1.82, 2.24) is 15.4 Å². The van der Waals surface area contributed by atoms with E-state index in [1.807, 2.05) is 5.43 Å². The van der Waals surface area contributed by atoms with E-state index >= 15 is 0 Å². The molecule has 1 aromatic heterocycles. The molecule has 0 fully saturated rings. The first-order valence-corrected chi connectivity index (χ1v) is 8.66. The summed E-state index contributed by atoms with van der Waals surface area (Å²) in [6.07, 6.45) is 0. The van der Waals surface area contributed by atoms with Crippen LogP contribution >= 0.6 is 15.9 Å². The summed E-state index contributed by atoms with van der Waals surface area (Å²) in [4.78, 5) is 20.5. The number of amides is 1. The first-order valence-electron chi connectivity index (χ1n) is 7.86. The lowest BCUT2D eigenvalue weighted by atomic mass is 9.92. The highest BCUT2D eigenvalue weighted by Gasteiger charge is 2.33. The van der Waals surface area contributed by atoms with Gasteiger partial charge in [0.1, 0.15) is 23.4 Å². The molecular formula is C18H13BrF3N5O. The zero-order valence-corrected chi connectivity index (χ0v) is 15.7. The van der Waals surface area contributed by atoms with Gasteiger partial charge in [0.15, 0.2) is 0 Å². The standard InChI is InChI=1S/C18H13BrF3N5O/c19-14-15(8-4-6-9(20)7-5-8)25-18(23)26-16(14)13(17(28)27-24)12-10(21)2-1-3-11(12)22/h1-7,13H,24H2,(H,27,28)(H2,23,25,26). The van der Waals surface area contributed by atoms with Crippen LogP contribution in [-0.2, 0) is 4.79 Å². The molecule has 2 aromatic carbocycles. The van der Waals surface area contributed by atoms with Gasteiger partial charge in [-0.05, 0) is 52.3 Å². The van der Waals surface area contributed by atoms with Crippen LogP contribution in [0.5, 0.6) is 0 Å². The Hall–Kier alpha value is -2.98. The first kappa shape index (κ1) is 19.8. The van der Waals surface area contributed by atoms with E-state index in [0.29, 0.717) is 5.56 Å². The molecule has 1 heterocycles. The Balaban J connectivity index is 2.27. The van der Waals surface area contributed by atoms with Gasteiger partial charge in [-0.15, -0.1) is 0 Å². The van der Waals surface area contributed by atoms with Crippen molar-refractivity contribution in [1.29, 1.82) is 0 Å². The van der Waals surface area contributed by atoms with E-state index in [1.165, 1.54) is 30.3 Å². The number of aromatic nitrogens is 2. The van der Waals surface area contributed by atoms with Gasteiger partial charge in [0.2, 0.25) is 11.9 Å². The third-order valence-electron chi connectivity index (χ3n) is 3.98. The molecule has 0 saturated heterocycles. The van der Waals surface area contributed by atoms with Crippen molar-refractivity contribution >= 4 is 27.8 Å². The number of anilines is 1. The number of benzene rings is 2. The maximum absolute atomic E-state index is 14.4. The van der Waals surface area contributed by atoms with Gasteiger partial charge in [0.05, 0.1) is 15.9 Å². The minimum absolute atomic E-state index is 0.0984. The number of carbonyl (C=O) groups is 1. The van der Waals surface area contributed by atoms with Crippen LogP contribution in [0, 0.1) is 17.5 Å². The summed E-state index contributed by atoms with van der Waals surface area (Å²) in [5.41, 5.74) is 7.67. The minimum atomic E-state index is -1.55. The fourth-order valence-electron chi connectivity index (χ4n) is 2.73. The molecule has 3 aromatic rings. The van der Waals surface area contributed by atoms with E-state index in [4.69, 9.17) is 11.6 Å². The lowest BCUT2D eigenvalue weighted by Gasteiger charge is -2.19. The quantitative estimate of drug-likeness (QED) is 0.321. The molecule has 0 radical (unpaired) electrons. The Kier molecular flexibility index (Phi) is 5.61. The van der Waals surface area contributed by atoms with Crippen molar-refractivity contribution in [2.24, 2.45) is 5.84 Å². The summed E-state index contributed by atoms with van der Waals surface area (Å²) < 4.78 is 42.2. The van der Waals surface area contributed by atoms with E-state index in [-0.39, 0.29) is 21.8 Å². The molecule has 5 N–H and O–H groups in total. The Bertz CT molecular complexity index is 1030. The summed E-state index contributed by atoms with van der Waals surface area (Å²) in [7, 11) is 0. The van der Waals surface area contributed by atoms with Gasteiger partial charge >= 0.3 is 0 Å². The van der Waals surface area contributed by atoms with Gasteiger partial charge in [0, 0.05) is 11.1 Å². The van der Waals surface area contributed by atoms with E-state index in [0.717, 1.165) is 12.1 Å². The second kappa shape index (κ2) is 7.95. The molecule has 6 nitrogen and oxygen atoms in total. The topological polar surface area (TPSA) is 107 Å². The van der Waals surface area contributed by atoms with Crippen molar-refractivity contribution in [3.05, 3.63) is 75.6 Å². The second-order valence-electron chi connectivity index (χ2n) is 5.71. The molecule has 1 amide bonds. The molecule has 10 heteroatoms. The van der Waals surface area contributed by atoms with Gasteiger partial charge in [-0.2, -0.15) is 0 Å². The number of hydrazine groups is 1. The van der Waals surface area contributed by atoms with E-state index in [1.54, 1.807) is 0 Å². The Morgan fingerprint density at radius 3 is 2.21 bits per heavy atom. The van der Waals surface area contributed by atoms with Crippen LogP contribution < -0.4 is 17.0 Å². The summed E-state index contributed by atoms with van der Waals surface area (Å²) in [5, 5.41) is 0. The van der Waals surface area contributed by atoms with Crippen LogP contribution in [-0.4, -0.2) is 15.9 Å². The predicted octanol–water partition coefficient (Wildman–Crippen LogP) is 3.03. The summed E-state index contributed by atoms with van der Waals surface area (Å²) >= 11 is 3.28. The fourth-order valence-corrected chi connectivity index (χ4v) is 3.37. The number of halogens is 4. The number of nitrogen functional groups attached to an aromatic ring is 1. The highest BCUT2D eigenvalue weighted by molar-refractivity contribution is 9.10. The zero-order chi connectivity index (χ0) is 20.4. The van der Waals surface area contributed by atoms with Gasteiger partial charge in [0.25, 0.3) is 0 Å². The van der Waals surface area contributed by atoms with Crippen LogP contribution in [0.2, 0.25) is 0 Å². The lowest BCUT2D eigenvalue weighted by molar-refractivity contribution is -0.121. The number of nitrogens with one attached hydrogen (secondary N) is 1. The fraction of sp³-hybridized carbons (Fsp3) is 0.0556. The van der Waals surface area contributed by atoms with E-state index in [2.05, 4.69) is 25.9 Å². The number of hydrogen-bond acceptors (Lipinski definition) is 5. The summed E-state index contributed by atoms with van der Waals surface area (Å²) in [5.74, 6) is 0.142. The highest BCUT2D eigenvalue weighted by Crippen LogP contribution is 2.37. The van der Waals surface area contributed by atoms with Gasteiger partial charge in [-0.1, -0.05) is 6.07 Å². The average molecular weight is 452 g/mol. The minimum Gasteiger partial charge on any atom is -0.368 e. The SMILES string of the molecule is NNC(=O)C(c1nc(N)nc(-c2ccc(F)cc2)c1Br)c1c(F)cccc1F.